The highest BCUT2D eigenvalue weighted by molar-refractivity contribution is 5.89. The molecule has 0 spiro atoms. The Morgan fingerprint density at radius 3 is 3.21 bits per heavy atom. The number of nitrogens with two attached hydrogens (primary N) is 1. The van der Waals surface area contributed by atoms with E-state index >= 15 is 0 Å². The molecule has 0 unspecified atom stereocenters. The van der Waals surface area contributed by atoms with Crippen molar-refractivity contribution in [3.63, 3.8) is 0 Å². The molecule has 1 saturated heterocycles. The average molecular weight is 264 g/mol. The van der Waals surface area contributed by atoms with E-state index < -0.39 is 0 Å². The molecule has 6 nitrogen and oxygen atoms in total. The lowest BCUT2D eigenvalue weighted by atomic mass is 10.2. The second kappa shape index (κ2) is 6.49. The van der Waals surface area contributed by atoms with Crippen LogP contribution >= 0.6 is 0 Å². The van der Waals surface area contributed by atoms with E-state index in [0.29, 0.717) is 31.9 Å². The van der Waals surface area contributed by atoms with Gasteiger partial charge in [0, 0.05) is 19.3 Å². The highest BCUT2D eigenvalue weighted by Gasteiger charge is 2.23. The highest BCUT2D eigenvalue weighted by Crippen LogP contribution is 2.12. The van der Waals surface area contributed by atoms with E-state index in [1.54, 1.807) is 17.3 Å². The van der Waals surface area contributed by atoms with Crippen molar-refractivity contribution in [3.8, 4) is 0 Å². The Morgan fingerprint density at radius 1 is 1.63 bits per heavy atom. The minimum Gasteiger partial charge on any atom is -0.374 e. The van der Waals surface area contributed by atoms with Gasteiger partial charge in [-0.3, -0.25) is 4.98 Å². The Balaban J connectivity index is 1.92. The number of anilines is 1. The predicted molar refractivity (Wildman–Crippen MR) is 73.0 cm³/mol. The zero-order chi connectivity index (χ0) is 13.7. The topological polar surface area (TPSA) is 80.5 Å². The van der Waals surface area contributed by atoms with Gasteiger partial charge in [-0.15, -0.1) is 0 Å². The maximum absolute atomic E-state index is 12.1. The third kappa shape index (κ3) is 3.90. The Hall–Kier alpha value is -1.66. The number of hydrogen-bond donors (Lipinski definition) is 2. The van der Waals surface area contributed by atoms with Gasteiger partial charge < -0.3 is 20.7 Å². The number of nitrogens with one attached hydrogen (secondary N) is 1. The Bertz CT molecular complexity index is 436. The molecular weight excluding hydrogens is 244 g/mol. The first-order valence-corrected chi connectivity index (χ1v) is 6.48. The van der Waals surface area contributed by atoms with Gasteiger partial charge >= 0.3 is 6.03 Å². The molecule has 0 saturated carbocycles. The number of carbonyl (C=O) groups excluding carboxylic acids is 1. The summed E-state index contributed by atoms with van der Waals surface area (Å²) in [5.41, 5.74) is 7.24. The van der Waals surface area contributed by atoms with Crippen molar-refractivity contribution in [2.75, 3.05) is 31.6 Å². The molecule has 0 aliphatic carbocycles. The molecule has 2 amide bonds. The number of pyridine rings is 1. The molecule has 2 heterocycles. The lowest BCUT2D eigenvalue weighted by Crippen LogP contribution is -2.47. The predicted octanol–water partition coefficient (Wildman–Crippen LogP) is 0.972. The fourth-order valence-electron chi connectivity index (χ4n) is 2.09. The molecular formula is C13H20N4O2. The number of aryl methyl sites for hydroxylation is 1. The lowest BCUT2D eigenvalue weighted by molar-refractivity contribution is -0.0146. The van der Waals surface area contributed by atoms with E-state index in [1.165, 1.54) is 0 Å². The standard InChI is InChI=1S/C13H20N4O2/c1-10-6-11(8-15-7-10)16-13(18)17-4-5-19-12(9-17)2-3-14/h6-8,12H,2-5,9,14H2,1H3,(H,16,18)/t12-/m0/s1. The van der Waals surface area contributed by atoms with Crippen LogP contribution in [-0.4, -0.2) is 48.3 Å². The summed E-state index contributed by atoms with van der Waals surface area (Å²) < 4.78 is 5.55. The second-order valence-corrected chi connectivity index (χ2v) is 4.70. The van der Waals surface area contributed by atoms with Crippen molar-refractivity contribution in [3.05, 3.63) is 24.0 Å². The van der Waals surface area contributed by atoms with Crippen molar-refractivity contribution in [1.82, 2.24) is 9.88 Å². The summed E-state index contributed by atoms with van der Waals surface area (Å²) in [7, 11) is 0. The number of carbonyl (C=O) groups is 1. The summed E-state index contributed by atoms with van der Waals surface area (Å²) >= 11 is 0. The zero-order valence-corrected chi connectivity index (χ0v) is 11.1. The number of rotatable bonds is 3. The molecule has 3 N–H and O–H groups in total. The quantitative estimate of drug-likeness (QED) is 0.852. The number of aromatic nitrogens is 1. The van der Waals surface area contributed by atoms with Gasteiger partial charge in [0.15, 0.2) is 0 Å². The van der Waals surface area contributed by atoms with Crippen molar-refractivity contribution in [2.24, 2.45) is 5.73 Å². The van der Waals surface area contributed by atoms with Crippen LogP contribution in [0.15, 0.2) is 18.5 Å². The molecule has 0 radical (unpaired) electrons. The Kier molecular flexibility index (Phi) is 4.70. The van der Waals surface area contributed by atoms with Gasteiger partial charge in [-0.05, 0) is 31.5 Å². The summed E-state index contributed by atoms with van der Waals surface area (Å²) in [6.07, 6.45) is 4.21. The zero-order valence-electron chi connectivity index (χ0n) is 11.1. The van der Waals surface area contributed by atoms with Gasteiger partial charge in [0.2, 0.25) is 0 Å². The third-order valence-corrected chi connectivity index (χ3v) is 3.04. The smallest absolute Gasteiger partial charge is 0.322 e. The number of hydrogen-bond acceptors (Lipinski definition) is 4. The maximum Gasteiger partial charge on any atom is 0.322 e. The van der Waals surface area contributed by atoms with Crippen molar-refractivity contribution < 1.29 is 9.53 Å². The normalized spacial score (nSPS) is 19.3. The fourth-order valence-corrected chi connectivity index (χ4v) is 2.09. The molecule has 1 fully saturated rings. The molecule has 1 aromatic heterocycles. The van der Waals surface area contributed by atoms with E-state index in [4.69, 9.17) is 10.5 Å². The summed E-state index contributed by atoms with van der Waals surface area (Å²) in [6.45, 7) is 4.26. The van der Waals surface area contributed by atoms with Crippen LogP contribution in [0, 0.1) is 6.92 Å². The average Bonchev–Trinajstić information content (AvgIpc) is 2.39. The van der Waals surface area contributed by atoms with E-state index in [-0.39, 0.29) is 12.1 Å². The monoisotopic (exact) mass is 264 g/mol. The minimum atomic E-state index is -0.113. The Labute approximate surface area is 112 Å². The molecule has 0 bridgehead atoms. The van der Waals surface area contributed by atoms with Gasteiger partial charge in [-0.25, -0.2) is 4.79 Å². The highest BCUT2D eigenvalue weighted by atomic mass is 16.5. The first kappa shape index (κ1) is 13.8. The fraction of sp³-hybridized carbons (Fsp3) is 0.538. The van der Waals surface area contributed by atoms with Crippen LogP contribution in [0.25, 0.3) is 0 Å². The van der Waals surface area contributed by atoms with Crippen LogP contribution in [0.2, 0.25) is 0 Å². The molecule has 2 rings (SSSR count). The lowest BCUT2D eigenvalue weighted by Gasteiger charge is -2.32. The van der Waals surface area contributed by atoms with Crippen LogP contribution in [0.3, 0.4) is 0 Å². The molecule has 1 aliphatic heterocycles. The van der Waals surface area contributed by atoms with Crippen LogP contribution < -0.4 is 11.1 Å². The first-order valence-electron chi connectivity index (χ1n) is 6.48. The number of urea groups is 1. The molecule has 6 heteroatoms. The number of ether oxygens (including phenoxy) is 1. The molecule has 19 heavy (non-hydrogen) atoms. The number of nitrogens with zero attached hydrogens (tertiary/aromatic N) is 2. The van der Waals surface area contributed by atoms with Gasteiger partial charge in [-0.2, -0.15) is 0 Å². The molecule has 104 valence electrons. The summed E-state index contributed by atoms with van der Waals surface area (Å²) in [5.74, 6) is 0. The molecule has 1 atom stereocenters. The van der Waals surface area contributed by atoms with E-state index in [2.05, 4.69) is 10.3 Å². The molecule has 1 aliphatic rings. The van der Waals surface area contributed by atoms with Crippen molar-refractivity contribution >= 4 is 11.7 Å². The summed E-state index contributed by atoms with van der Waals surface area (Å²) in [4.78, 5) is 17.9. The molecule has 1 aromatic rings. The third-order valence-electron chi connectivity index (χ3n) is 3.04. The number of amides is 2. The SMILES string of the molecule is Cc1cncc(NC(=O)N2CCO[C@@H](CCN)C2)c1. The van der Waals surface area contributed by atoms with Gasteiger partial charge in [0.05, 0.1) is 24.6 Å². The maximum atomic E-state index is 12.1. The van der Waals surface area contributed by atoms with Crippen LogP contribution in [0.5, 0.6) is 0 Å². The van der Waals surface area contributed by atoms with Gasteiger partial charge in [0.1, 0.15) is 0 Å². The number of morpholine rings is 1. The van der Waals surface area contributed by atoms with Gasteiger partial charge in [0.25, 0.3) is 0 Å². The van der Waals surface area contributed by atoms with Crippen LogP contribution in [0.4, 0.5) is 10.5 Å². The summed E-state index contributed by atoms with van der Waals surface area (Å²) in [5, 5.41) is 2.85. The van der Waals surface area contributed by atoms with E-state index in [1.807, 2.05) is 13.0 Å². The minimum absolute atomic E-state index is 0.0418. The Morgan fingerprint density at radius 2 is 2.47 bits per heavy atom. The van der Waals surface area contributed by atoms with Crippen LogP contribution in [-0.2, 0) is 4.74 Å². The van der Waals surface area contributed by atoms with Crippen LogP contribution in [0.1, 0.15) is 12.0 Å². The van der Waals surface area contributed by atoms with Crippen molar-refractivity contribution in [1.29, 1.82) is 0 Å². The first-order chi connectivity index (χ1) is 9.19. The molecule has 0 aromatic carbocycles. The second-order valence-electron chi connectivity index (χ2n) is 4.70. The van der Waals surface area contributed by atoms with Gasteiger partial charge in [-0.1, -0.05) is 0 Å². The largest absolute Gasteiger partial charge is 0.374 e. The van der Waals surface area contributed by atoms with E-state index in [0.717, 1.165) is 12.0 Å². The summed E-state index contributed by atoms with van der Waals surface area (Å²) in [6, 6.07) is 1.78. The van der Waals surface area contributed by atoms with Crippen molar-refractivity contribution in [2.45, 2.75) is 19.4 Å². The van der Waals surface area contributed by atoms with E-state index in [9.17, 15) is 4.79 Å².